The average molecular weight is 389 g/mol. The average Bonchev–Trinajstić information content (AvgIpc) is 2.99. The highest BCUT2D eigenvalue weighted by molar-refractivity contribution is 6.04. The van der Waals surface area contributed by atoms with Crippen molar-refractivity contribution in [3.8, 4) is 0 Å². The van der Waals surface area contributed by atoms with E-state index in [4.69, 9.17) is 9.47 Å². The summed E-state index contributed by atoms with van der Waals surface area (Å²) >= 11 is 0. The van der Waals surface area contributed by atoms with Gasteiger partial charge in [-0.05, 0) is 50.6 Å². The summed E-state index contributed by atoms with van der Waals surface area (Å²) < 4.78 is 22.9. The molecule has 8 nitrogen and oxygen atoms in total. The second-order valence-corrected chi connectivity index (χ2v) is 5.56. The van der Waals surface area contributed by atoms with Crippen LogP contribution in [0.2, 0.25) is 0 Å². The molecule has 0 fully saturated rings. The van der Waals surface area contributed by atoms with Gasteiger partial charge in [-0.2, -0.15) is 5.10 Å². The van der Waals surface area contributed by atoms with Crippen molar-refractivity contribution in [2.75, 3.05) is 13.2 Å². The molecule has 1 aromatic carbocycles. The molecule has 0 aliphatic heterocycles. The smallest absolute Gasteiger partial charge is 0.355 e. The summed E-state index contributed by atoms with van der Waals surface area (Å²) in [6.07, 6.45) is 1.18. The number of ether oxygens (including phenoxy) is 2. The number of aromatic nitrogens is 1. The lowest BCUT2D eigenvalue weighted by atomic mass is 10.1. The maximum Gasteiger partial charge on any atom is 0.355 e. The Labute approximate surface area is 160 Å². The van der Waals surface area contributed by atoms with Crippen molar-refractivity contribution >= 4 is 24.1 Å². The fourth-order valence-electron chi connectivity index (χ4n) is 2.41. The lowest BCUT2D eigenvalue weighted by molar-refractivity contribution is 0.0518. The minimum Gasteiger partial charge on any atom is -0.462 e. The Balaban J connectivity index is 2.27. The Morgan fingerprint density at radius 2 is 1.71 bits per heavy atom. The van der Waals surface area contributed by atoms with Crippen LogP contribution in [0, 0.1) is 12.7 Å². The van der Waals surface area contributed by atoms with Gasteiger partial charge < -0.3 is 14.5 Å². The number of halogens is 1. The van der Waals surface area contributed by atoms with Gasteiger partial charge in [-0.25, -0.2) is 19.4 Å². The Bertz CT molecular complexity index is 903. The molecular formula is C19H20FN3O5. The molecule has 2 N–H and O–H groups in total. The van der Waals surface area contributed by atoms with Crippen molar-refractivity contribution in [3.63, 3.8) is 0 Å². The number of aromatic amines is 1. The van der Waals surface area contributed by atoms with E-state index < -0.39 is 23.7 Å². The largest absolute Gasteiger partial charge is 0.462 e. The van der Waals surface area contributed by atoms with Crippen LogP contribution in [0.4, 0.5) is 4.39 Å². The molecule has 0 radical (unpaired) electrons. The fourth-order valence-corrected chi connectivity index (χ4v) is 2.41. The van der Waals surface area contributed by atoms with Gasteiger partial charge in [0.15, 0.2) is 0 Å². The Morgan fingerprint density at radius 3 is 2.32 bits per heavy atom. The monoisotopic (exact) mass is 389 g/mol. The van der Waals surface area contributed by atoms with Gasteiger partial charge in [0.1, 0.15) is 11.5 Å². The lowest BCUT2D eigenvalue weighted by Crippen LogP contribution is -2.18. The second kappa shape index (κ2) is 9.45. The van der Waals surface area contributed by atoms with Gasteiger partial charge in [-0.15, -0.1) is 0 Å². The number of hydrogen-bond donors (Lipinski definition) is 2. The zero-order valence-corrected chi connectivity index (χ0v) is 15.7. The summed E-state index contributed by atoms with van der Waals surface area (Å²) in [7, 11) is 0. The normalized spacial score (nSPS) is 10.7. The van der Waals surface area contributed by atoms with Crippen LogP contribution >= 0.6 is 0 Å². The lowest BCUT2D eigenvalue weighted by Gasteiger charge is -2.03. The van der Waals surface area contributed by atoms with Crippen LogP contribution in [-0.2, 0) is 9.47 Å². The first-order chi connectivity index (χ1) is 13.4. The van der Waals surface area contributed by atoms with E-state index in [2.05, 4.69) is 15.5 Å². The summed E-state index contributed by atoms with van der Waals surface area (Å²) in [5.74, 6) is -2.30. The van der Waals surface area contributed by atoms with Gasteiger partial charge in [-0.3, -0.25) is 4.79 Å². The van der Waals surface area contributed by atoms with Crippen LogP contribution in [0.15, 0.2) is 29.4 Å². The number of esters is 2. The molecule has 1 aromatic heterocycles. The van der Waals surface area contributed by atoms with E-state index in [0.29, 0.717) is 5.56 Å². The molecule has 0 spiro atoms. The van der Waals surface area contributed by atoms with E-state index in [1.54, 1.807) is 20.8 Å². The molecule has 2 rings (SSSR count). The number of hydrogen-bond acceptors (Lipinski definition) is 6. The zero-order chi connectivity index (χ0) is 20.7. The van der Waals surface area contributed by atoms with Gasteiger partial charge in [0.2, 0.25) is 0 Å². The minimum atomic E-state index is -0.641. The number of nitrogens with zero attached hydrogens (tertiary/aromatic N) is 1. The van der Waals surface area contributed by atoms with Crippen molar-refractivity contribution in [2.24, 2.45) is 5.10 Å². The molecule has 0 saturated heterocycles. The number of nitrogens with one attached hydrogen (secondary N) is 2. The molecule has 0 aliphatic carbocycles. The van der Waals surface area contributed by atoms with Crippen molar-refractivity contribution in [1.29, 1.82) is 0 Å². The molecule has 28 heavy (non-hydrogen) atoms. The number of H-pyrrole nitrogens is 1. The van der Waals surface area contributed by atoms with E-state index in [-0.39, 0.29) is 35.7 Å². The van der Waals surface area contributed by atoms with Crippen molar-refractivity contribution in [2.45, 2.75) is 20.8 Å². The molecular weight excluding hydrogens is 369 g/mol. The third-order valence-electron chi connectivity index (χ3n) is 3.70. The molecule has 9 heteroatoms. The molecule has 2 aromatic rings. The number of amides is 1. The first kappa shape index (κ1) is 20.8. The van der Waals surface area contributed by atoms with Crippen molar-refractivity contribution in [1.82, 2.24) is 10.4 Å². The fraction of sp³-hybridized carbons (Fsp3) is 0.263. The van der Waals surface area contributed by atoms with Crippen LogP contribution in [0.5, 0.6) is 0 Å². The van der Waals surface area contributed by atoms with Gasteiger partial charge in [0.05, 0.1) is 30.7 Å². The predicted molar refractivity (Wildman–Crippen MR) is 98.9 cm³/mol. The number of benzene rings is 1. The Morgan fingerprint density at radius 1 is 1.11 bits per heavy atom. The molecule has 0 saturated carbocycles. The van der Waals surface area contributed by atoms with Gasteiger partial charge in [0, 0.05) is 5.56 Å². The summed E-state index contributed by atoms with van der Waals surface area (Å²) in [6, 6.07) is 4.92. The van der Waals surface area contributed by atoms with Crippen molar-refractivity contribution < 1.29 is 28.2 Å². The highest BCUT2D eigenvalue weighted by Gasteiger charge is 2.24. The molecule has 0 atom stereocenters. The van der Waals surface area contributed by atoms with Crippen molar-refractivity contribution in [3.05, 3.63) is 58.2 Å². The quantitative estimate of drug-likeness (QED) is 0.430. The van der Waals surface area contributed by atoms with E-state index in [0.717, 1.165) is 12.1 Å². The number of carbonyl (C=O) groups is 3. The van der Waals surface area contributed by atoms with Crippen LogP contribution < -0.4 is 5.43 Å². The number of rotatable bonds is 7. The topological polar surface area (TPSA) is 110 Å². The molecule has 0 unspecified atom stereocenters. The van der Waals surface area contributed by atoms with E-state index in [1.165, 1.54) is 18.3 Å². The number of carbonyl (C=O) groups excluding carboxylic acids is 3. The first-order valence-electron chi connectivity index (χ1n) is 8.54. The van der Waals surface area contributed by atoms with E-state index in [1.807, 2.05) is 0 Å². The minimum absolute atomic E-state index is 0.0937. The van der Waals surface area contributed by atoms with Crippen LogP contribution in [0.3, 0.4) is 0 Å². The second-order valence-electron chi connectivity index (χ2n) is 5.56. The first-order valence-corrected chi connectivity index (χ1v) is 8.54. The molecule has 148 valence electrons. The van der Waals surface area contributed by atoms with Gasteiger partial charge >= 0.3 is 11.9 Å². The van der Waals surface area contributed by atoms with Crippen LogP contribution in [0.1, 0.15) is 56.3 Å². The zero-order valence-electron chi connectivity index (χ0n) is 15.7. The summed E-state index contributed by atoms with van der Waals surface area (Å²) in [5.41, 5.74) is 3.21. The molecule has 1 heterocycles. The number of hydrazone groups is 1. The predicted octanol–water partition coefficient (Wildman–Crippen LogP) is 2.58. The molecule has 0 bridgehead atoms. The highest BCUT2D eigenvalue weighted by Crippen LogP contribution is 2.19. The van der Waals surface area contributed by atoms with Gasteiger partial charge in [-0.1, -0.05) is 0 Å². The summed E-state index contributed by atoms with van der Waals surface area (Å²) in [5, 5.41) is 3.79. The SMILES string of the molecule is CCOC(=O)c1[nH]c(/C=N\NC(=O)c2ccc(F)cc2)c(C(=O)OCC)c1C. The summed E-state index contributed by atoms with van der Waals surface area (Å²) in [6.45, 7) is 5.21. The maximum atomic E-state index is 12.9. The van der Waals surface area contributed by atoms with E-state index >= 15 is 0 Å². The Kier molecular flexibility index (Phi) is 7.02. The molecule has 1 amide bonds. The van der Waals surface area contributed by atoms with E-state index in [9.17, 15) is 18.8 Å². The summed E-state index contributed by atoms with van der Waals surface area (Å²) in [4.78, 5) is 39.1. The van der Waals surface area contributed by atoms with Crippen LogP contribution in [0.25, 0.3) is 0 Å². The highest BCUT2D eigenvalue weighted by atomic mass is 19.1. The standard InChI is InChI=1S/C19H20FN3O5/c1-4-27-18(25)15-11(3)16(19(26)28-5-2)22-14(15)10-21-23-17(24)12-6-8-13(20)9-7-12/h6-10,22H,4-5H2,1-3H3,(H,23,24)/b21-10-. The third kappa shape index (κ3) is 4.81. The maximum absolute atomic E-state index is 12.9. The molecule has 0 aliphatic rings. The third-order valence-corrected chi connectivity index (χ3v) is 3.70. The van der Waals surface area contributed by atoms with Crippen LogP contribution in [-0.4, -0.2) is 42.3 Å². The Hall–Kier alpha value is -3.49. The van der Waals surface area contributed by atoms with Gasteiger partial charge in [0.25, 0.3) is 5.91 Å².